The van der Waals surface area contributed by atoms with Crippen molar-refractivity contribution in [3.05, 3.63) is 36.2 Å². The van der Waals surface area contributed by atoms with Crippen molar-refractivity contribution >= 4 is 11.8 Å². The minimum Gasteiger partial charge on any atom is -0.478 e. The van der Waals surface area contributed by atoms with Crippen LogP contribution in [0.25, 0.3) is 0 Å². The number of rotatable bonds is 5. The summed E-state index contributed by atoms with van der Waals surface area (Å²) in [6.07, 6.45) is 18.5. The van der Waals surface area contributed by atoms with Crippen LogP contribution in [0.15, 0.2) is 36.2 Å². The molecule has 174 valence electrons. The topological polar surface area (TPSA) is 76.5 Å². The van der Waals surface area contributed by atoms with Gasteiger partial charge in [0.15, 0.2) is 5.78 Å². The first-order valence-electron chi connectivity index (χ1n) is 12.5. The number of pyridine rings is 1. The highest BCUT2D eigenvalue weighted by atomic mass is 16.5. The van der Waals surface area contributed by atoms with E-state index in [-0.39, 0.29) is 11.2 Å². The summed E-state index contributed by atoms with van der Waals surface area (Å²) in [6.45, 7) is 2.18. The maximum atomic E-state index is 12.6. The van der Waals surface area contributed by atoms with E-state index >= 15 is 0 Å². The number of ketones is 1. The Kier molecular flexibility index (Phi) is 5.59. The summed E-state index contributed by atoms with van der Waals surface area (Å²) in [5, 5.41) is 10.3. The molecule has 5 rings (SSSR count). The first-order valence-corrected chi connectivity index (χ1v) is 12.5. The molecule has 1 heterocycles. The van der Waals surface area contributed by atoms with Crippen molar-refractivity contribution in [1.29, 1.82) is 0 Å². The number of nitrogens with zero attached hydrogens (tertiary/aromatic N) is 1. The normalized spacial score (nSPS) is 38.2. The lowest BCUT2D eigenvalue weighted by Crippen LogP contribution is -2.57. The van der Waals surface area contributed by atoms with Gasteiger partial charge < -0.3 is 9.84 Å². The van der Waals surface area contributed by atoms with E-state index in [0.29, 0.717) is 42.3 Å². The SMILES string of the molecule is C#C[C@]1(C(Oc2cccnc2)C(=O)O)CCC2C3CCC4=CC(=O)CCC4C3CC[C@@]21CC. The minimum atomic E-state index is -1.10. The first kappa shape index (κ1) is 22.2. The van der Waals surface area contributed by atoms with Gasteiger partial charge >= 0.3 is 5.97 Å². The number of hydrogen-bond donors (Lipinski definition) is 1. The molecule has 5 heteroatoms. The van der Waals surface area contributed by atoms with E-state index in [1.165, 1.54) is 5.57 Å². The largest absolute Gasteiger partial charge is 0.478 e. The molecule has 0 aliphatic heterocycles. The molecule has 0 aromatic carbocycles. The van der Waals surface area contributed by atoms with Crippen molar-refractivity contribution in [1.82, 2.24) is 4.98 Å². The first-order chi connectivity index (χ1) is 16.0. The molecule has 3 saturated carbocycles. The standard InChI is InChI=1S/C28H33NO4/c1-3-27-13-11-22-21-10-8-19(30)16-18(21)7-9-23(22)24(27)12-14-28(27,4-2)25(26(31)32)33-20-6-5-15-29-17-20/h2,5-6,15-17,21-25H,3,7-14H2,1H3,(H,31,32)/t21?,22?,23?,24?,25?,27-,28+/m0/s1. The van der Waals surface area contributed by atoms with E-state index in [1.807, 2.05) is 6.08 Å². The number of carboxylic acids is 1. The fourth-order valence-corrected chi connectivity index (χ4v) is 8.43. The third-order valence-corrected chi connectivity index (χ3v) is 9.69. The van der Waals surface area contributed by atoms with Gasteiger partial charge in [-0.3, -0.25) is 9.78 Å². The van der Waals surface area contributed by atoms with Crippen LogP contribution in [0.5, 0.6) is 5.75 Å². The zero-order valence-electron chi connectivity index (χ0n) is 19.3. The summed E-state index contributed by atoms with van der Waals surface area (Å²) in [7, 11) is 0. The van der Waals surface area contributed by atoms with Gasteiger partial charge in [-0.25, -0.2) is 4.79 Å². The maximum Gasteiger partial charge on any atom is 0.346 e. The van der Waals surface area contributed by atoms with Gasteiger partial charge in [-0.2, -0.15) is 0 Å². The summed E-state index contributed by atoms with van der Waals surface area (Å²) >= 11 is 0. The number of hydrogen-bond acceptors (Lipinski definition) is 4. The van der Waals surface area contributed by atoms with Crippen molar-refractivity contribution in [2.75, 3.05) is 0 Å². The number of aromatic nitrogens is 1. The van der Waals surface area contributed by atoms with Gasteiger partial charge in [0.25, 0.3) is 0 Å². The number of allylic oxidation sites excluding steroid dienone is 1. The lowest BCUT2D eigenvalue weighted by atomic mass is 9.46. The number of aliphatic carboxylic acids is 1. The van der Waals surface area contributed by atoms with E-state index in [4.69, 9.17) is 11.2 Å². The molecule has 5 nitrogen and oxygen atoms in total. The van der Waals surface area contributed by atoms with Crippen LogP contribution < -0.4 is 4.74 Å². The van der Waals surface area contributed by atoms with Crippen LogP contribution in [0.2, 0.25) is 0 Å². The van der Waals surface area contributed by atoms with Crippen LogP contribution in [0.3, 0.4) is 0 Å². The Morgan fingerprint density at radius 1 is 1.27 bits per heavy atom. The second kappa shape index (κ2) is 8.31. The lowest BCUT2D eigenvalue weighted by molar-refractivity contribution is -0.159. The molecule has 0 saturated heterocycles. The lowest BCUT2D eigenvalue weighted by Gasteiger charge is -2.57. The number of terminal acetylenes is 1. The average molecular weight is 448 g/mol. The zero-order chi connectivity index (χ0) is 23.2. The van der Waals surface area contributed by atoms with Gasteiger partial charge in [-0.1, -0.05) is 18.4 Å². The molecule has 3 fully saturated rings. The highest BCUT2D eigenvalue weighted by Gasteiger charge is 2.68. The van der Waals surface area contributed by atoms with E-state index in [2.05, 4.69) is 17.8 Å². The van der Waals surface area contributed by atoms with Crippen molar-refractivity contribution in [2.45, 2.75) is 70.8 Å². The molecule has 33 heavy (non-hydrogen) atoms. The zero-order valence-corrected chi connectivity index (χ0v) is 19.3. The summed E-state index contributed by atoms with van der Waals surface area (Å²) in [4.78, 5) is 28.7. The molecule has 0 bridgehead atoms. The number of carbonyl (C=O) groups is 2. The molecular formula is C28H33NO4. The van der Waals surface area contributed by atoms with E-state index in [0.717, 1.165) is 44.9 Å². The minimum absolute atomic E-state index is 0.250. The molecule has 4 aliphatic carbocycles. The molecule has 1 aromatic rings. The van der Waals surface area contributed by atoms with E-state index in [1.54, 1.807) is 24.5 Å². The van der Waals surface area contributed by atoms with Crippen LogP contribution in [-0.4, -0.2) is 27.9 Å². The van der Waals surface area contributed by atoms with Crippen molar-refractivity contribution in [2.24, 2.45) is 34.5 Å². The van der Waals surface area contributed by atoms with Crippen LogP contribution in [0.1, 0.15) is 64.7 Å². The van der Waals surface area contributed by atoms with E-state index < -0.39 is 17.5 Å². The van der Waals surface area contributed by atoms with Crippen LogP contribution in [-0.2, 0) is 9.59 Å². The molecular weight excluding hydrogens is 414 g/mol. The Balaban J connectivity index is 1.51. The molecule has 1 aromatic heterocycles. The molecule has 0 spiro atoms. The van der Waals surface area contributed by atoms with Crippen molar-refractivity contribution < 1.29 is 19.4 Å². The van der Waals surface area contributed by atoms with Crippen LogP contribution in [0, 0.1) is 46.8 Å². The number of fused-ring (bicyclic) bond motifs is 5. The predicted octanol–water partition coefficient (Wildman–Crippen LogP) is 5.07. The maximum absolute atomic E-state index is 12.6. The van der Waals surface area contributed by atoms with Gasteiger partial charge in [0, 0.05) is 12.6 Å². The molecule has 4 aliphatic rings. The summed E-state index contributed by atoms with van der Waals surface area (Å²) < 4.78 is 6.11. The molecule has 0 radical (unpaired) electrons. The fourth-order valence-electron chi connectivity index (χ4n) is 8.43. The molecule has 7 atom stereocenters. The van der Waals surface area contributed by atoms with Crippen LogP contribution >= 0.6 is 0 Å². The smallest absolute Gasteiger partial charge is 0.346 e. The Labute approximate surface area is 196 Å². The van der Waals surface area contributed by atoms with Gasteiger partial charge in [0.2, 0.25) is 6.10 Å². The number of carbonyl (C=O) groups excluding carboxylic acids is 1. The summed E-state index contributed by atoms with van der Waals surface area (Å²) in [6, 6.07) is 3.49. The summed E-state index contributed by atoms with van der Waals surface area (Å²) in [5.41, 5.74) is 0.262. The fraction of sp³-hybridized carbons (Fsp3) is 0.607. The van der Waals surface area contributed by atoms with E-state index in [9.17, 15) is 14.7 Å². The van der Waals surface area contributed by atoms with Crippen molar-refractivity contribution in [3.63, 3.8) is 0 Å². The quantitative estimate of drug-likeness (QED) is 0.638. The Morgan fingerprint density at radius 3 is 2.82 bits per heavy atom. The second-order valence-corrected chi connectivity index (χ2v) is 10.5. The highest BCUT2D eigenvalue weighted by molar-refractivity contribution is 5.91. The van der Waals surface area contributed by atoms with Crippen LogP contribution in [0.4, 0.5) is 0 Å². The second-order valence-electron chi connectivity index (χ2n) is 10.5. The third-order valence-electron chi connectivity index (χ3n) is 9.69. The van der Waals surface area contributed by atoms with Gasteiger partial charge in [0.05, 0.1) is 11.6 Å². The van der Waals surface area contributed by atoms with Gasteiger partial charge in [-0.15, -0.1) is 6.42 Å². The number of ether oxygens (including phenoxy) is 1. The Bertz CT molecular complexity index is 1010. The molecule has 5 unspecified atom stereocenters. The molecule has 0 amide bonds. The third kappa shape index (κ3) is 3.25. The van der Waals surface area contributed by atoms with Gasteiger partial charge in [-0.05, 0) is 98.7 Å². The molecule has 1 N–H and O–H groups in total. The summed E-state index contributed by atoms with van der Waals surface area (Å²) in [5.74, 6) is 4.81. The average Bonchev–Trinajstić information content (AvgIpc) is 3.18. The number of carboxylic acid groups (broad SMARTS) is 1. The Hall–Kier alpha value is -2.61. The highest BCUT2D eigenvalue weighted by Crippen LogP contribution is 2.70. The van der Waals surface area contributed by atoms with Crippen molar-refractivity contribution in [3.8, 4) is 18.1 Å². The predicted molar refractivity (Wildman–Crippen MR) is 124 cm³/mol. The monoisotopic (exact) mass is 447 g/mol. The van der Waals surface area contributed by atoms with Gasteiger partial charge in [0.1, 0.15) is 5.75 Å². The Morgan fingerprint density at radius 2 is 2.12 bits per heavy atom.